The predicted molar refractivity (Wildman–Crippen MR) is 135 cm³/mol. The second kappa shape index (κ2) is 11.5. The number of para-hydroxylation sites is 2. The number of carbonyl (C=O) groups excluding carboxylic acids is 1. The zero-order chi connectivity index (χ0) is 25.8. The number of aromatic nitrogens is 4. The van der Waals surface area contributed by atoms with Crippen molar-refractivity contribution in [1.29, 1.82) is 0 Å². The maximum atomic E-state index is 14.0. The fourth-order valence-corrected chi connectivity index (χ4v) is 5.13. The topological polar surface area (TPSA) is 94.4 Å². The van der Waals surface area contributed by atoms with E-state index in [0.29, 0.717) is 73.9 Å². The Balaban J connectivity index is 1.43. The van der Waals surface area contributed by atoms with Crippen molar-refractivity contribution >= 4 is 22.8 Å². The maximum Gasteiger partial charge on any atom is 0.296 e. The monoisotopic (exact) mass is 514 g/mol. The Labute approximate surface area is 214 Å². The first-order valence-electron chi connectivity index (χ1n) is 12.8. The van der Waals surface area contributed by atoms with Crippen molar-refractivity contribution in [1.82, 2.24) is 24.8 Å². The Bertz CT molecular complexity index is 1220. The number of carbonyl (C=O) groups is 1. The summed E-state index contributed by atoms with van der Waals surface area (Å²) in [5.74, 6) is 1.27. The van der Waals surface area contributed by atoms with Gasteiger partial charge in [-0.1, -0.05) is 12.1 Å². The molecule has 3 aromatic rings. The summed E-state index contributed by atoms with van der Waals surface area (Å²) in [7, 11) is 1.78. The third-order valence-electron chi connectivity index (χ3n) is 6.95. The molecule has 0 amide bonds. The molecule has 1 saturated carbocycles. The van der Waals surface area contributed by atoms with Crippen molar-refractivity contribution < 1.29 is 23.0 Å². The number of likely N-dealkylation sites (N-methyl/N-ethyl adjacent to an activating group) is 1. The maximum absolute atomic E-state index is 14.0. The van der Waals surface area contributed by atoms with Crippen LogP contribution in [0.3, 0.4) is 0 Å². The van der Waals surface area contributed by atoms with Crippen LogP contribution in [0, 0.1) is 5.92 Å². The number of benzene rings is 1. The van der Waals surface area contributed by atoms with Crippen LogP contribution in [-0.4, -0.2) is 71.3 Å². The van der Waals surface area contributed by atoms with Crippen molar-refractivity contribution in [2.45, 2.75) is 44.6 Å². The van der Waals surface area contributed by atoms with Crippen LogP contribution < -0.4 is 15.0 Å². The Morgan fingerprint density at radius 3 is 2.62 bits per heavy atom. The Morgan fingerprint density at radius 2 is 1.89 bits per heavy atom. The molecule has 2 fully saturated rings. The van der Waals surface area contributed by atoms with Gasteiger partial charge in [-0.2, -0.15) is 9.97 Å². The molecule has 2 aliphatic rings. The second-order valence-electron chi connectivity index (χ2n) is 9.59. The van der Waals surface area contributed by atoms with Crippen LogP contribution in [0.5, 0.6) is 5.88 Å². The van der Waals surface area contributed by atoms with E-state index in [1.165, 1.54) is 4.57 Å². The van der Waals surface area contributed by atoms with Crippen molar-refractivity contribution in [3.63, 3.8) is 0 Å². The fraction of sp³-hybridized carbons (Fsp3) is 0.538. The lowest BCUT2D eigenvalue weighted by atomic mass is 9.84. The lowest BCUT2D eigenvalue weighted by molar-refractivity contribution is -0.119. The SMILES string of the molecule is CNCC(=O)CC1CCC(Oc2cc(-n3c(C(F)F)nc4ccccc43)nc(N3CCOCC3)n2)CC1. The van der Waals surface area contributed by atoms with E-state index in [4.69, 9.17) is 9.47 Å². The lowest BCUT2D eigenvalue weighted by Crippen LogP contribution is -2.37. The number of ether oxygens (including phenoxy) is 2. The zero-order valence-electron chi connectivity index (χ0n) is 20.9. The summed E-state index contributed by atoms with van der Waals surface area (Å²) < 4.78 is 41.3. The first kappa shape index (κ1) is 25.5. The van der Waals surface area contributed by atoms with Crippen LogP contribution in [0.25, 0.3) is 16.9 Å². The van der Waals surface area contributed by atoms with E-state index in [9.17, 15) is 13.6 Å². The summed E-state index contributed by atoms with van der Waals surface area (Å²) >= 11 is 0. The van der Waals surface area contributed by atoms with Crippen molar-refractivity contribution in [3.05, 3.63) is 36.2 Å². The highest BCUT2D eigenvalue weighted by atomic mass is 19.3. The van der Waals surface area contributed by atoms with Gasteiger partial charge in [0.25, 0.3) is 6.43 Å². The molecule has 0 bridgehead atoms. The summed E-state index contributed by atoms with van der Waals surface area (Å²) in [6, 6.07) is 8.63. The molecule has 3 heterocycles. The number of imidazole rings is 1. The lowest BCUT2D eigenvalue weighted by Gasteiger charge is -2.30. The largest absolute Gasteiger partial charge is 0.474 e. The first-order valence-corrected chi connectivity index (χ1v) is 12.8. The van der Waals surface area contributed by atoms with Gasteiger partial charge in [0, 0.05) is 25.6 Å². The van der Waals surface area contributed by atoms with E-state index >= 15 is 0 Å². The summed E-state index contributed by atoms with van der Waals surface area (Å²) in [4.78, 5) is 27.5. The molecule has 1 aliphatic carbocycles. The second-order valence-corrected chi connectivity index (χ2v) is 9.59. The number of nitrogens with one attached hydrogen (secondary N) is 1. The van der Waals surface area contributed by atoms with Gasteiger partial charge < -0.3 is 19.7 Å². The van der Waals surface area contributed by atoms with Gasteiger partial charge in [-0.3, -0.25) is 9.36 Å². The normalized spacial score (nSPS) is 20.5. The molecule has 1 aliphatic heterocycles. The molecular weight excluding hydrogens is 482 g/mol. The Hall–Kier alpha value is -3.18. The van der Waals surface area contributed by atoms with Gasteiger partial charge in [-0.05, 0) is 50.8 Å². The fourth-order valence-electron chi connectivity index (χ4n) is 5.13. The third kappa shape index (κ3) is 5.88. The number of halogens is 2. The first-order chi connectivity index (χ1) is 18.0. The van der Waals surface area contributed by atoms with Crippen LogP contribution in [0.15, 0.2) is 30.3 Å². The minimum absolute atomic E-state index is 0.0648. The molecule has 1 saturated heterocycles. The molecule has 0 atom stereocenters. The number of Topliss-reactive ketones (excluding diaryl/α,β-unsaturated/α-hetero) is 1. The highest BCUT2D eigenvalue weighted by molar-refractivity contribution is 5.80. The standard InChI is InChI=1S/C26H32F2N6O3/c1-29-16-18(35)14-17-6-8-19(9-7-17)37-23-15-22(31-26(32-23)33-10-12-36-13-11-33)34-21-5-3-2-4-20(21)30-25(34)24(27)28/h2-5,15,17,19,24,29H,6-14,16H2,1H3. The molecule has 2 aromatic heterocycles. The minimum Gasteiger partial charge on any atom is -0.474 e. The number of anilines is 1. The molecule has 9 nitrogen and oxygen atoms in total. The molecule has 1 N–H and O–H groups in total. The number of hydrogen-bond acceptors (Lipinski definition) is 8. The van der Waals surface area contributed by atoms with Crippen molar-refractivity contribution in [2.24, 2.45) is 5.92 Å². The molecule has 1 aromatic carbocycles. The average molecular weight is 515 g/mol. The molecular formula is C26H32F2N6O3. The molecule has 198 valence electrons. The molecule has 0 spiro atoms. The highest BCUT2D eigenvalue weighted by Gasteiger charge is 2.27. The predicted octanol–water partition coefficient (Wildman–Crippen LogP) is 3.71. The Morgan fingerprint density at radius 1 is 1.14 bits per heavy atom. The molecule has 11 heteroatoms. The summed E-state index contributed by atoms with van der Waals surface area (Å²) in [6.07, 6.45) is 1.15. The van der Waals surface area contributed by atoms with Crippen LogP contribution in [0.4, 0.5) is 14.7 Å². The van der Waals surface area contributed by atoms with Gasteiger partial charge in [-0.15, -0.1) is 0 Å². The molecule has 0 radical (unpaired) electrons. The van der Waals surface area contributed by atoms with E-state index < -0.39 is 6.43 Å². The van der Waals surface area contributed by atoms with E-state index in [1.807, 2.05) is 4.90 Å². The van der Waals surface area contributed by atoms with Crippen LogP contribution in [0.1, 0.15) is 44.4 Å². The minimum atomic E-state index is -2.78. The van der Waals surface area contributed by atoms with Crippen LogP contribution in [-0.2, 0) is 9.53 Å². The number of ketones is 1. The smallest absolute Gasteiger partial charge is 0.296 e. The van der Waals surface area contributed by atoms with Gasteiger partial charge in [0.2, 0.25) is 11.8 Å². The summed E-state index contributed by atoms with van der Waals surface area (Å²) in [5, 5.41) is 2.92. The third-order valence-corrected chi connectivity index (χ3v) is 6.95. The molecule has 0 unspecified atom stereocenters. The van der Waals surface area contributed by atoms with Crippen LogP contribution >= 0.6 is 0 Å². The number of alkyl halides is 2. The quantitative estimate of drug-likeness (QED) is 0.462. The van der Waals surface area contributed by atoms with Gasteiger partial charge in [0.15, 0.2) is 5.82 Å². The van der Waals surface area contributed by atoms with Gasteiger partial charge in [-0.25, -0.2) is 13.8 Å². The van der Waals surface area contributed by atoms with Gasteiger partial charge >= 0.3 is 0 Å². The zero-order valence-corrected chi connectivity index (χ0v) is 20.9. The highest BCUT2D eigenvalue weighted by Crippen LogP contribution is 2.32. The summed E-state index contributed by atoms with van der Waals surface area (Å²) in [5.41, 5.74) is 1.01. The van der Waals surface area contributed by atoms with Crippen LogP contribution in [0.2, 0.25) is 0 Å². The molecule has 37 heavy (non-hydrogen) atoms. The van der Waals surface area contributed by atoms with E-state index in [0.717, 1.165) is 25.7 Å². The summed E-state index contributed by atoms with van der Waals surface area (Å²) in [6.45, 7) is 2.67. The average Bonchev–Trinajstić information content (AvgIpc) is 3.31. The number of rotatable bonds is 9. The van der Waals surface area contributed by atoms with Gasteiger partial charge in [0.1, 0.15) is 17.7 Å². The van der Waals surface area contributed by atoms with E-state index in [-0.39, 0.29) is 17.7 Å². The number of fused-ring (bicyclic) bond motifs is 1. The number of hydrogen-bond donors (Lipinski definition) is 1. The Kier molecular flexibility index (Phi) is 7.90. The number of nitrogens with zero attached hydrogens (tertiary/aromatic N) is 5. The van der Waals surface area contributed by atoms with Crippen molar-refractivity contribution in [2.75, 3.05) is 44.8 Å². The van der Waals surface area contributed by atoms with Crippen molar-refractivity contribution in [3.8, 4) is 11.7 Å². The number of morpholine rings is 1. The van der Waals surface area contributed by atoms with E-state index in [1.54, 1.807) is 37.4 Å². The van der Waals surface area contributed by atoms with Gasteiger partial charge in [0.05, 0.1) is 30.8 Å². The van der Waals surface area contributed by atoms with E-state index in [2.05, 4.69) is 20.3 Å². The molecule has 5 rings (SSSR count).